The summed E-state index contributed by atoms with van der Waals surface area (Å²) in [5.74, 6) is 0.0459. The predicted molar refractivity (Wildman–Crippen MR) is 46.5 cm³/mol. The van der Waals surface area contributed by atoms with E-state index < -0.39 is 0 Å². The Balaban J connectivity index is 1.91. The van der Waals surface area contributed by atoms with E-state index in [2.05, 4.69) is 31.2 Å². The van der Waals surface area contributed by atoms with Crippen molar-refractivity contribution in [1.29, 1.82) is 5.41 Å². The highest BCUT2D eigenvalue weighted by molar-refractivity contribution is 5.90. The van der Waals surface area contributed by atoms with Crippen LogP contribution in [0.15, 0.2) is 25.3 Å². The molecule has 72 valence electrons. The Morgan fingerprint density at radius 1 is 0.857 bits per heavy atom. The highest BCUT2D eigenvalue weighted by Gasteiger charge is 1.96. The molecule has 0 aliphatic heterocycles. The number of hydrogen-bond acceptors (Lipinski definition) is 5. The van der Waals surface area contributed by atoms with Crippen molar-refractivity contribution < 1.29 is 0 Å². The van der Waals surface area contributed by atoms with Gasteiger partial charge in [-0.05, 0) is 0 Å². The molecule has 2 heterocycles. The van der Waals surface area contributed by atoms with Gasteiger partial charge in [0, 0.05) is 0 Å². The molecule has 0 radical (unpaired) electrons. The van der Waals surface area contributed by atoms with Gasteiger partial charge in [0.1, 0.15) is 25.3 Å². The van der Waals surface area contributed by atoms with Crippen LogP contribution in [0, 0.1) is 5.41 Å². The first-order valence-corrected chi connectivity index (χ1v) is 3.66. The first-order chi connectivity index (χ1) is 6.84. The number of nitrogens with zero attached hydrogens (tertiary/aromatic N) is 6. The zero-order valence-electron chi connectivity index (χ0n) is 6.99. The molecule has 2 rings (SSSR count). The lowest BCUT2D eigenvalue weighted by Crippen LogP contribution is -2.32. The highest BCUT2D eigenvalue weighted by atomic mass is 15.6. The van der Waals surface area contributed by atoms with Crippen LogP contribution in [0.5, 0.6) is 0 Å². The van der Waals surface area contributed by atoms with E-state index in [-0.39, 0.29) is 5.96 Å². The van der Waals surface area contributed by atoms with Crippen LogP contribution in [0.4, 0.5) is 0 Å². The van der Waals surface area contributed by atoms with Crippen LogP contribution in [0.25, 0.3) is 0 Å². The van der Waals surface area contributed by atoms with Crippen LogP contribution in [-0.2, 0) is 0 Å². The van der Waals surface area contributed by atoms with Crippen molar-refractivity contribution in [3.05, 3.63) is 25.3 Å². The molecule has 14 heavy (non-hydrogen) atoms. The van der Waals surface area contributed by atoms with Gasteiger partial charge in [0.2, 0.25) is 5.96 Å². The van der Waals surface area contributed by atoms with Gasteiger partial charge in [0.15, 0.2) is 0 Å². The minimum Gasteiger partial charge on any atom is -0.266 e. The van der Waals surface area contributed by atoms with Crippen molar-refractivity contribution in [2.75, 3.05) is 10.9 Å². The number of aromatic nitrogens is 6. The molecule has 2 aromatic heterocycles. The van der Waals surface area contributed by atoms with Gasteiger partial charge in [-0.1, -0.05) is 0 Å². The second-order valence-corrected chi connectivity index (χ2v) is 2.34. The molecule has 0 spiro atoms. The summed E-state index contributed by atoms with van der Waals surface area (Å²) in [6.45, 7) is 0. The standard InChI is InChI=1S/C5H7N9/c6-5(11-13-1-7-8-2-13)12-14-3-9-10-4-14/h1-4H,(H3,6,11,12). The summed E-state index contributed by atoms with van der Waals surface area (Å²) in [7, 11) is 0. The second kappa shape index (κ2) is 3.51. The topological polar surface area (TPSA) is 109 Å². The molecule has 0 aliphatic rings. The monoisotopic (exact) mass is 193 g/mol. The molecule has 9 nitrogen and oxygen atoms in total. The minimum absolute atomic E-state index is 0.0459. The first-order valence-electron chi connectivity index (χ1n) is 3.66. The van der Waals surface area contributed by atoms with Crippen molar-refractivity contribution in [2.45, 2.75) is 0 Å². The lowest BCUT2D eigenvalue weighted by atomic mass is 11.0. The second-order valence-electron chi connectivity index (χ2n) is 2.34. The molecule has 0 unspecified atom stereocenters. The molecule has 0 saturated carbocycles. The van der Waals surface area contributed by atoms with Gasteiger partial charge in [-0.2, -0.15) is 0 Å². The number of rotatable bonds is 2. The van der Waals surface area contributed by atoms with Crippen LogP contribution in [-0.4, -0.2) is 35.7 Å². The Morgan fingerprint density at radius 2 is 1.21 bits per heavy atom. The number of hydrogen-bond donors (Lipinski definition) is 3. The van der Waals surface area contributed by atoms with Crippen LogP contribution in [0.3, 0.4) is 0 Å². The maximum Gasteiger partial charge on any atom is 0.227 e. The van der Waals surface area contributed by atoms with Crippen LogP contribution < -0.4 is 10.9 Å². The number of guanidine groups is 1. The fraction of sp³-hybridized carbons (Fsp3) is 0. The molecule has 0 bridgehead atoms. The summed E-state index contributed by atoms with van der Waals surface area (Å²) in [6, 6.07) is 0. The highest BCUT2D eigenvalue weighted by Crippen LogP contribution is 1.78. The van der Waals surface area contributed by atoms with Gasteiger partial charge in [-0.25, -0.2) is 9.35 Å². The fourth-order valence-corrected chi connectivity index (χ4v) is 0.800. The first kappa shape index (κ1) is 8.16. The Kier molecular flexibility index (Phi) is 2.05. The van der Waals surface area contributed by atoms with Crippen molar-refractivity contribution in [1.82, 2.24) is 29.7 Å². The van der Waals surface area contributed by atoms with E-state index in [0.29, 0.717) is 0 Å². The smallest absolute Gasteiger partial charge is 0.227 e. The van der Waals surface area contributed by atoms with Crippen molar-refractivity contribution >= 4 is 5.96 Å². The van der Waals surface area contributed by atoms with E-state index in [9.17, 15) is 0 Å². The number of nitrogens with one attached hydrogen (secondary N) is 3. The van der Waals surface area contributed by atoms with E-state index in [4.69, 9.17) is 5.41 Å². The Morgan fingerprint density at radius 3 is 1.57 bits per heavy atom. The Labute approximate surface area is 78.2 Å². The molecule has 2 aromatic rings. The summed E-state index contributed by atoms with van der Waals surface area (Å²) >= 11 is 0. The van der Waals surface area contributed by atoms with Crippen molar-refractivity contribution in [3.8, 4) is 0 Å². The average Bonchev–Trinajstić information content (AvgIpc) is 2.76. The average molecular weight is 193 g/mol. The van der Waals surface area contributed by atoms with Crippen LogP contribution >= 0.6 is 0 Å². The summed E-state index contributed by atoms with van der Waals surface area (Å²) in [4.78, 5) is 0. The molecule has 0 atom stereocenters. The van der Waals surface area contributed by atoms with Gasteiger partial charge in [-0.3, -0.25) is 16.3 Å². The van der Waals surface area contributed by atoms with Crippen molar-refractivity contribution in [3.63, 3.8) is 0 Å². The zero-order valence-corrected chi connectivity index (χ0v) is 6.99. The van der Waals surface area contributed by atoms with E-state index >= 15 is 0 Å². The maximum atomic E-state index is 7.47. The van der Waals surface area contributed by atoms with E-state index in [0.717, 1.165) is 0 Å². The van der Waals surface area contributed by atoms with Gasteiger partial charge >= 0.3 is 0 Å². The SMILES string of the molecule is N=C(Nn1cnnc1)Nn1cnnc1. The molecular formula is C5H7N9. The normalized spacial score (nSPS) is 9.71. The molecule has 0 saturated heterocycles. The third kappa shape index (κ3) is 1.83. The third-order valence-corrected chi connectivity index (χ3v) is 1.32. The lowest BCUT2D eigenvalue weighted by molar-refractivity contribution is 0.914. The van der Waals surface area contributed by atoms with E-state index in [1.807, 2.05) is 0 Å². The van der Waals surface area contributed by atoms with Crippen LogP contribution in [0.1, 0.15) is 0 Å². The molecule has 3 N–H and O–H groups in total. The van der Waals surface area contributed by atoms with E-state index in [1.165, 1.54) is 34.7 Å². The van der Waals surface area contributed by atoms with Gasteiger partial charge < -0.3 is 0 Å². The van der Waals surface area contributed by atoms with E-state index in [1.54, 1.807) is 0 Å². The molecule has 0 aliphatic carbocycles. The largest absolute Gasteiger partial charge is 0.266 e. The maximum absolute atomic E-state index is 7.47. The Hall–Kier alpha value is -2.45. The van der Waals surface area contributed by atoms with Gasteiger partial charge in [0.05, 0.1) is 0 Å². The zero-order chi connectivity index (χ0) is 9.80. The predicted octanol–water partition coefficient (Wildman–Crippen LogP) is -1.41. The summed E-state index contributed by atoms with van der Waals surface area (Å²) in [5.41, 5.74) is 5.30. The summed E-state index contributed by atoms with van der Waals surface area (Å²) in [6.07, 6.45) is 5.73. The molecule has 0 amide bonds. The third-order valence-electron chi connectivity index (χ3n) is 1.32. The molecule has 9 heteroatoms. The molecule has 0 fully saturated rings. The minimum atomic E-state index is 0.0459. The van der Waals surface area contributed by atoms with Gasteiger partial charge in [-0.15, -0.1) is 20.4 Å². The fourth-order valence-electron chi connectivity index (χ4n) is 0.800. The lowest BCUT2D eigenvalue weighted by Gasteiger charge is -2.08. The van der Waals surface area contributed by atoms with Gasteiger partial charge in [0.25, 0.3) is 0 Å². The quantitative estimate of drug-likeness (QED) is 0.399. The van der Waals surface area contributed by atoms with Crippen molar-refractivity contribution in [2.24, 2.45) is 0 Å². The summed E-state index contributed by atoms with van der Waals surface area (Å²) in [5, 5.41) is 21.7. The molecular weight excluding hydrogens is 186 g/mol. The van der Waals surface area contributed by atoms with Crippen LogP contribution in [0.2, 0.25) is 0 Å². The molecule has 0 aromatic carbocycles. The Bertz CT molecular complexity index is 349. The summed E-state index contributed by atoms with van der Waals surface area (Å²) < 4.78 is 2.86.